The van der Waals surface area contributed by atoms with Crippen LogP contribution < -0.4 is 120 Å². The van der Waals surface area contributed by atoms with Crippen molar-refractivity contribution in [3.8, 4) is 0 Å². The predicted molar refractivity (Wildman–Crippen MR) is 136 cm³/mol. The molecule has 0 saturated heterocycles. The van der Waals surface area contributed by atoms with Crippen LogP contribution in [0.5, 0.6) is 0 Å². The Labute approximate surface area is 313 Å². The van der Waals surface area contributed by atoms with Gasteiger partial charge in [0.2, 0.25) is 17.7 Å². The SMILES string of the molecule is CSCCC(NC(=O)CN(CC(=O)NC(CCSC)C(=O)[O-])CC(=O)NC(CCSC)C(=O)[O-])C(=O)[O-].[Na+].[Na+].[Na+]. The Bertz CT molecular complexity index is 704. The van der Waals surface area contributed by atoms with E-state index in [2.05, 4.69) is 16.0 Å². The first-order chi connectivity index (χ1) is 17.4. The molecule has 0 bridgehead atoms. The van der Waals surface area contributed by atoms with Crippen molar-refractivity contribution in [3.63, 3.8) is 0 Å². The van der Waals surface area contributed by atoms with Crippen molar-refractivity contribution in [2.24, 2.45) is 0 Å². The summed E-state index contributed by atoms with van der Waals surface area (Å²) >= 11 is 4.09. The Morgan fingerprint density at radius 3 is 0.950 bits per heavy atom. The summed E-state index contributed by atoms with van der Waals surface area (Å²) in [6.45, 7) is -1.82. The molecule has 212 valence electrons. The minimum Gasteiger partial charge on any atom is -0.548 e. The first kappa shape index (κ1) is 47.8. The van der Waals surface area contributed by atoms with Gasteiger partial charge in [-0.3, -0.25) is 19.3 Å². The molecule has 0 aromatic carbocycles. The van der Waals surface area contributed by atoms with Gasteiger partial charge in [-0.05, 0) is 55.3 Å². The minimum absolute atomic E-state index is 0. The standard InChI is InChI=1S/C21H36N4O9S3.3Na/c1-35-7-4-13(19(29)30)22-16(26)10-25(11-17(27)23-14(20(31)32)5-8-36-2)12-18(28)24-15(21(33)34)6-9-37-3;;;/h13-15H,4-12H2,1-3H3,(H,22,26)(H,23,27)(H,24,28)(H,29,30)(H,31,32)(H,33,34);;;/q;3*+1/p-3. The number of carboxylic acid groups (broad SMARTS) is 3. The number of amides is 3. The van der Waals surface area contributed by atoms with E-state index in [0.29, 0.717) is 17.3 Å². The van der Waals surface area contributed by atoms with Crippen molar-refractivity contribution in [1.29, 1.82) is 0 Å². The fraction of sp³-hybridized carbons (Fsp3) is 0.714. The Morgan fingerprint density at radius 2 is 0.775 bits per heavy atom. The fourth-order valence-electron chi connectivity index (χ4n) is 2.95. The van der Waals surface area contributed by atoms with E-state index in [4.69, 9.17) is 0 Å². The van der Waals surface area contributed by atoms with Gasteiger partial charge in [-0.1, -0.05) is 0 Å². The van der Waals surface area contributed by atoms with E-state index in [1.807, 2.05) is 0 Å². The normalized spacial score (nSPS) is 12.3. The Balaban J connectivity index is -0.00000216. The second-order valence-electron chi connectivity index (χ2n) is 7.81. The van der Waals surface area contributed by atoms with Crippen LogP contribution in [-0.2, 0) is 28.8 Å². The molecule has 13 nitrogen and oxygen atoms in total. The number of hydrogen-bond donors (Lipinski definition) is 3. The maximum absolute atomic E-state index is 12.5. The Morgan fingerprint density at radius 1 is 0.550 bits per heavy atom. The second kappa shape index (κ2) is 28.6. The molecule has 0 rings (SSSR count). The van der Waals surface area contributed by atoms with Crippen LogP contribution >= 0.6 is 35.3 Å². The number of aliphatic carboxylic acids is 3. The molecule has 0 aliphatic carbocycles. The number of thioether (sulfide) groups is 3. The molecule has 0 radical (unpaired) electrons. The van der Waals surface area contributed by atoms with E-state index in [9.17, 15) is 44.1 Å². The first-order valence-electron chi connectivity index (χ1n) is 11.1. The zero-order valence-corrected chi connectivity index (χ0v) is 32.4. The van der Waals surface area contributed by atoms with Gasteiger partial charge in [-0.25, -0.2) is 0 Å². The van der Waals surface area contributed by atoms with E-state index in [0.717, 1.165) is 4.90 Å². The van der Waals surface area contributed by atoms with Gasteiger partial charge in [-0.2, -0.15) is 35.3 Å². The monoisotopic (exact) mass is 650 g/mol. The van der Waals surface area contributed by atoms with Crippen LogP contribution in [0.2, 0.25) is 0 Å². The molecule has 0 aliphatic rings. The van der Waals surface area contributed by atoms with Gasteiger partial charge in [0.15, 0.2) is 0 Å². The van der Waals surface area contributed by atoms with Crippen LogP contribution in [0.1, 0.15) is 19.3 Å². The van der Waals surface area contributed by atoms with Crippen molar-refractivity contribution in [2.75, 3.05) is 55.7 Å². The molecule has 0 fully saturated rings. The van der Waals surface area contributed by atoms with Crippen LogP contribution in [0.15, 0.2) is 0 Å². The average molecular weight is 651 g/mol. The van der Waals surface area contributed by atoms with E-state index >= 15 is 0 Å². The third-order valence-electron chi connectivity index (χ3n) is 4.79. The van der Waals surface area contributed by atoms with Gasteiger partial charge in [0.25, 0.3) is 0 Å². The summed E-state index contributed by atoms with van der Waals surface area (Å²) in [5, 5.41) is 40.8. The molecule has 0 aromatic rings. The average Bonchev–Trinajstić information content (AvgIpc) is 2.81. The van der Waals surface area contributed by atoms with Crippen LogP contribution in [0.3, 0.4) is 0 Å². The van der Waals surface area contributed by atoms with Crippen LogP contribution in [0.25, 0.3) is 0 Å². The number of rotatable bonds is 21. The molecule has 3 amide bonds. The summed E-state index contributed by atoms with van der Waals surface area (Å²) in [6.07, 6.45) is 5.52. The van der Waals surface area contributed by atoms with Crippen molar-refractivity contribution in [2.45, 2.75) is 37.4 Å². The van der Waals surface area contributed by atoms with E-state index in [1.165, 1.54) is 35.3 Å². The fourth-order valence-corrected chi connectivity index (χ4v) is 4.37. The zero-order valence-electron chi connectivity index (χ0n) is 23.9. The summed E-state index contributed by atoms with van der Waals surface area (Å²) in [4.78, 5) is 72.5. The summed E-state index contributed by atoms with van der Waals surface area (Å²) in [5.74, 6) is -5.70. The number of hydrogen-bond acceptors (Lipinski definition) is 13. The quantitative estimate of drug-likeness (QED) is 0.0987. The van der Waals surface area contributed by atoms with Gasteiger partial charge >= 0.3 is 88.7 Å². The van der Waals surface area contributed by atoms with Crippen molar-refractivity contribution in [1.82, 2.24) is 20.9 Å². The number of nitrogens with zero attached hydrogens (tertiary/aromatic N) is 1. The largest absolute Gasteiger partial charge is 1.00 e. The van der Waals surface area contributed by atoms with Crippen molar-refractivity contribution in [3.05, 3.63) is 0 Å². The number of carboxylic acids is 3. The van der Waals surface area contributed by atoms with Crippen molar-refractivity contribution < 1.29 is 133 Å². The first-order valence-corrected chi connectivity index (χ1v) is 15.3. The van der Waals surface area contributed by atoms with Crippen LogP contribution in [0, 0.1) is 0 Å². The Hall–Kier alpha value is 0.830. The third kappa shape index (κ3) is 23.3. The molecular weight excluding hydrogens is 617 g/mol. The summed E-state index contributed by atoms with van der Waals surface area (Å²) in [5.41, 5.74) is 0. The van der Waals surface area contributed by atoms with Gasteiger partial charge in [0.05, 0.1) is 55.7 Å². The Kier molecular flexibility index (Phi) is 34.1. The molecular formula is C21H33N4Na3O9S3. The van der Waals surface area contributed by atoms with Crippen molar-refractivity contribution >= 4 is 70.9 Å². The molecule has 0 aliphatic heterocycles. The summed E-state index contributed by atoms with van der Waals surface area (Å²) in [7, 11) is 0. The second-order valence-corrected chi connectivity index (χ2v) is 10.8. The number of carbonyl (C=O) groups is 6. The molecule has 19 heteroatoms. The van der Waals surface area contributed by atoms with Crippen LogP contribution in [-0.4, -0.2) is 114 Å². The summed E-state index contributed by atoms with van der Waals surface area (Å²) < 4.78 is 0. The van der Waals surface area contributed by atoms with E-state index in [-0.39, 0.29) is 108 Å². The van der Waals surface area contributed by atoms with Gasteiger partial charge in [0.1, 0.15) is 0 Å². The van der Waals surface area contributed by atoms with Crippen LogP contribution in [0.4, 0.5) is 0 Å². The predicted octanol–water partition coefficient (Wildman–Crippen LogP) is -13.7. The topological polar surface area (TPSA) is 211 Å². The molecule has 0 saturated carbocycles. The molecule has 40 heavy (non-hydrogen) atoms. The molecule has 3 N–H and O–H groups in total. The molecule has 0 spiro atoms. The molecule has 0 heterocycles. The number of carbonyl (C=O) groups excluding carboxylic acids is 6. The summed E-state index contributed by atoms with van der Waals surface area (Å²) in [6, 6.07) is -3.90. The molecule has 3 atom stereocenters. The van der Waals surface area contributed by atoms with E-state index < -0.39 is 73.4 Å². The number of nitrogens with one attached hydrogen (secondary N) is 3. The third-order valence-corrected chi connectivity index (χ3v) is 6.72. The maximum atomic E-state index is 12.5. The minimum atomic E-state index is -1.50. The maximum Gasteiger partial charge on any atom is 1.00 e. The smallest absolute Gasteiger partial charge is 0.548 e. The van der Waals surface area contributed by atoms with Gasteiger partial charge < -0.3 is 45.7 Å². The zero-order chi connectivity index (χ0) is 28.4. The van der Waals surface area contributed by atoms with Gasteiger partial charge in [0, 0.05) is 0 Å². The van der Waals surface area contributed by atoms with E-state index in [1.54, 1.807) is 18.8 Å². The van der Waals surface area contributed by atoms with Gasteiger partial charge in [-0.15, -0.1) is 0 Å². The molecule has 3 unspecified atom stereocenters. The molecule has 0 aromatic heterocycles.